The average Bonchev–Trinajstić information content (AvgIpc) is 3.08. The van der Waals surface area contributed by atoms with Gasteiger partial charge in [-0.1, -0.05) is 28.9 Å². The van der Waals surface area contributed by atoms with Crippen LogP contribution in [0.25, 0.3) is 5.69 Å². The summed E-state index contributed by atoms with van der Waals surface area (Å²) < 4.78 is 28.6. The first-order valence-corrected chi connectivity index (χ1v) is 7.88. The molecule has 0 atom stereocenters. The highest BCUT2D eigenvalue weighted by molar-refractivity contribution is 5.94. The number of carbonyl (C=O) groups excluding carboxylic acids is 1. The van der Waals surface area contributed by atoms with Gasteiger partial charge in [0.05, 0.1) is 5.69 Å². The Morgan fingerprint density at radius 2 is 1.77 bits per heavy atom. The lowest BCUT2D eigenvalue weighted by atomic mass is 10.2. The molecule has 3 rings (SSSR count). The highest BCUT2D eigenvalue weighted by Crippen LogP contribution is 2.13. The number of anilines is 1. The summed E-state index contributed by atoms with van der Waals surface area (Å²) in [7, 11) is 0. The molecule has 26 heavy (non-hydrogen) atoms. The smallest absolute Gasteiger partial charge is 0.257 e. The minimum absolute atomic E-state index is 0.132. The van der Waals surface area contributed by atoms with Crippen LogP contribution < -0.4 is 10.6 Å². The van der Waals surface area contributed by atoms with Crippen molar-refractivity contribution in [3.05, 3.63) is 65.2 Å². The number of aromatic nitrogens is 4. The maximum absolute atomic E-state index is 13.6. The Kier molecular flexibility index (Phi) is 5.16. The molecule has 0 spiro atoms. The molecule has 0 saturated carbocycles. The Morgan fingerprint density at radius 3 is 2.46 bits per heavy atom. The van der Waals surface area contributed by atoms with Gasteiger partial charge in [-0.05, 0) is 41.6 Å². The molecule has 2 N–H and O–H groups in total. The number of tetrazole rings is 1. The second kappa shape index (κ2) is 7.68. The molecular weight excluding hydrogens is 342 g/mol. The summed E-state index contributed by atoms with van der Waals surface area (Å²) in [5.74, 6) is -2.24. The molecule has 0 unspecified atom stereocenters. The van der Waals surface area contributed by atoms with Crippen molar-refractivity contribution in [2.45, 2.75) is 6.92 Å². The summed E-state index contributed by atoms with van der Waals surface area (Å²) in [4.78, 5) is 11.9. The van der Waals surface area contributed by atoms with Gasteiger partial charge in [-0.2, -0.15) is 4.68 Å². The molecule has 2 aromatic carbocycles. The van der Waals surface area contributed by atoms with E-state index < -0.39 is 23.1 Å². The molecule has 0 radical (unpaired) electrons. The van der Waals surface area contributed by atoms with Gasteiger partial charge in [0.25, 0.3) is 5.91 Å². The van der Waals surface area contributed by atoms with Crippen molar-refractivity contribution in [2.24, 2.45) is 0 Å². The van der Waals surface area contributed by atoms with E-state index in [1.165, 1.54) is 10.7 Å². The lowest BCUT2D eigenvalue weighted by molar-refractivity contribution is 0.0946. The molecule has 0 fully saturated rings. The van der Waals surface area contributed by atoms with Crippen molar-refractivity contribution in [1.82, 2.24) is 25.5 Å². The number of nitrogens with zero attached hydrogens (tertiary/aromatic N) is 4. The van der Waals surface area contributed by atoms with E-state index in [1.807, 2.05) is 31.2 Å². The predicted octanol–water partition coefficient (Wildman–Crippen LogP) is 2.09. The van der Waals surface area contributed by atoms with Gasteiger partial charge in [-0.3, -0.25) is 4.79 Å². The van der Waals surface area contributed by atoms with Gasteiger partial charge in [0.15, 0.2) is 0 Å². The Balaban J connectivity index is 1.57. The van der Waals surface area contributed by atoms with Gasteiger partial charge in [0, 0.05) is 13.1 Å². The average molecular weight is 358 g/mol. The maximum Gasteiger partial charge on any atom is 0.257 e. The summed E-state index contributed by atoms with van der Waals surface area (Å²) >= 11 is 0. The first kappa shape index (κ1) is 17.5. The maximum atomic E-state index is 13.6. The fraction of sp³-hybridized carbons (Fsp3) is 0.176. The van der Waals surface area contributed by atoms with Crippen molar-refractivity contribution >= 4 is 11.9 Å². The van der Waals surface area contributed by atoms with Crippen LogP contribution >= 0.6 is 0 Å². The zero-order valence-corrected chi connectivity index (χ0v) is 13.9. The number of halogens is 2. The highest BCUT2D eigenvalue weighted by atomic mass is 19.1. The summed E-state index contributed by atoms with van der Waals surface area (Å²) in [6, 6.07) is 10.9. The van der Waals surface area contributed by atoms with Crippen molar-refractivity contribution in [3.8, 4) is 5.69 Å². The Labute approximate surface area is 148 Å². The third-order valence-corrected chi connectivity index (χ3v) is 3.63. The van der Waals surface area contributed by atoms with Crippen LogP contribution in [-0.4, -0.2) is 39.2 Å². The number of hydrogen-bond donors (Lipinski definition) is 2. The van der Waals surface area contributed by atoms with E-state index >= 15 is 0 Å². The van der Waals surface area contributed by atoms with Crippen molar-refractivity contribution < 1.29 is 13.6 Å². The van der Waals surface area contributed by atoms with Crippen LogP contribution in [-0.2, 0) is 0 Å². The van der Waals surface area contributed by atoms with Crippen molar-refractivity contribution in [3.63, 3.8) is 0 Å². The summed E-state index contributed by atoms with van der Waals surface area (Å²) in [6.07, 6.45) is 0. The number of aryl methyl sites for hydroxylation is 1. The van der Waals surface area contributed by atoms with Crippen LogP contribution in [0.5, 0.6) is 0 Å². The third kappa shape index (κ3) is 3.82. The van der Waals surface area contributed by atoms with E-state index in [-0.39, 0.29) is 13.1 Å². The number of nitrogens with one attached hydrogen (secondary N) is 2. The largest absolute Gasteiger partial charge is 0.351 e. The molecule has 134 valence electrons. The Bertz CT molecular complexity index is 890. The minimum Gasteiger partial charge on any atom is -0.351 e. The second-order valence-corrected chi connectivity index (χ2v) is 5.53. The number of carbonyl (C=O) groups is 1. The van der Waals surface area contributed by atoms with Gasteiger partial charge in [0.1, 0.15) is 17.2 Å². The van der Waals surface area contributed by atoms with Crippen LogP contribution in [0.4, 0.5) is 14.7 Å². The van der Waals surface area contributed by atoms with E-state index in [0.29, 0.717) is 5.95 Å². The number of benzene rings is 2. The third-order valence-electron chi connectivity index (χ3n) is 3.63. The predicted molar refractivity (Wildman–Crippen MR) is 91.1 cm³/mol. The zero-order valence-electron chi connectivity index (χ0n) is 13.9. The SMILES string of the molecule is Cc1ccc(-n2nnnc2NCCNC(=O)c2c(F)cccc2F)cc1. The van der Waals surface area contributed by atoms with E-state index in [0.717, 1.165) is 23.4 Å². The van der Waals surface area contributed by atoms with Crippen LogP contribution in [0.3, 0.4) is 0 Å². The Hall–Kier alpha value is -3.36. The molecule has 0 bridgehead atoms. The van der Waals surface area contributed by atoms with Gasteiger partial charge >= 0.3 is 0 Å². The first-order valence-electron chi connectivity index (χ1n) is 7.88. The molecule has 1 aromatic heterocycles. The van der Waals surface area contributed by atoms with Crippen LogP contribution in [0.2, 0.25) is 0 Å². The van der Waals surface area contributed by atoms with E-state index in [4.69, 9.17) is 0 Å². The van der Waals surface area contributed by atoms with Crippen LogP contribution in [0, 0.1) is 18.6 Å². The minimum atomic E-state index is -0.904. The summed E-state index contributed by atoms with van der Waals surface area (Å²) in [5, 5.41) is 16.8. The van der Waals surface area contributed by atoms with E-state index in [2.05, 4.69) is 26.2 Å². The monoisotopic (exact) mass is 358 g/mol. The van der Waals surface area contributed by atoms with E-state index in [9.17, 15) is 13.6 Å². The molecule has 0 aliphatic carbocycles. The fourth-order valence-corrected chi connectivity index (χ4v) is 2.31. The molecule has 1 amide bonds. The molecule has 1 heterocycles. The fourth-order valence-electron chi connectivity index (χ4n) is 2.31. The van der Waals surface area contributed by atoms with Gasteiger partial charge < -0.3 is 10.6 Å². The standard InChI is InChI=1S/C17H16F2N6O/c1-11-5-7-12(8-6-11)25-17(22-23-24-25)21-10-9-20-16(26)15-13(18)3-2-4-14(15)19/h2-8H,9-10H2,1H3,(H,20,26)(H,21,22,24). The van der Waals surface area contributed by atoms with Crippen molar-refractivity contribution in [2.75, 3.05) is 18.4 Å². The summed E-state index contributed by atoms with van der Waals surface area (Å²) in [6.45, 7) is 2.38. The highest BCUT2D eigenvalue weighted by Gasteiger charge is 2.16. The lowest BCUT2D eigenvalue weighted by Crippen LogP contribution is -2.30. The van der Waals surface area contributed by atoms with Crippen LogP contribution in [0.15, 0.2) is 42.5 Å². The molecule has 0 aliphatic heterocycles. The van der Waals surface area contributed by atoms with Gasteiger partial charge in [0.2, 0.25) is 5.95 Å². The number of amides is 1. The molecule has 7 nitrogen and oxygen atoms in total. The Morgan fingerprint density at radius 1 is 1.08 bits per heavy atom. The first-order chi connectivity index (χ1) is 12.6. The van der Waals surface area contributed by atoms with Crippen molar-refractivity contribution in [1.29, 1.82) is 0 Å². The molecule has 3 aromatic rings. The zero-order chi connectivity index (χ0) is 18.5. The molecule has 9 heteroatoms. The summed E-state index contributed by atoms with van der Waals surface area (Å²) in [5.41, 5.74) is 1.29. The lowest BCUT2D eigenvalue weighted by Gasteiger charge is -2.09. The van der Waals surface area contributed by atoms with Gasteiger partial charge in [-0.15, -0.1) is 0 Å². The topological polar surface area (TPSA) is 84.7 Å². The van der Waals surface area contributed by atoms with E-state index in [1.54, 1.807) is 0 Å². The molecular formula is C17H16F2N6O. The number of rotatable bonds is 6. The molecule has 0 aliphatic rings. The van der Waals surface area contributed by atoms with Crippen LogP contribution in [0.1, 0.15) is 15.9 Å². The normalized spacial score (nSPS) is 10.6. The number of hydrogen-bond acceptors (Lipinski definition) is 5. The second-order valence-electron chi connectivity index (χ2n) is 5.53. The van der Waals surface area contributed by atoms with Gasteiger partial charge in [-0.25, -0.2) is 8.78 Å². The molecule has 0 saturated heterocycles. The quantitative estimate of drug-likeness (QED) is 0.659.